The molecular formula is C15H26IN3O. The van der Waals surface area contributed by atoms with E-state index in [-0.39, 0.29) is 29.5 Å². The van der Waals surface area contributed by atoms with Crippen LogP contribution >= 0.6 is 24.0 Å². The van der Waals surface area contributed by atoms with E-state index in [9.17, 15) is 0 Å². The van der Waals surface area contributed by atoms with Gasteiger partial charge in [-0.2, -0.15) is 0 Å². The van der Waals surface area contributed by atoms with E-state index in [2.05, 4.69) is 43.2 Å². The predicted molar refractivity (Wildman–Crippen MR) is 96.1 cm³/mol. The first-order valence-corrected chi connectivity index (χ1v) is 6.62. The number of benzene rings is 1. The van der Waals surface area contributed by atoms with E-state index in [1.165, 1.54) is 5.56 Å². The average molecular weight is 391 g/mol. The Bertz CT molecular complexity index is 427. The Morgan fingerprint density at radius 2 is 2.05 bits per heavy atom. The Hall–Kier alpha value is -0.980. The molecule has 0 aliphatic heterocycles. The standard InChI is InChI=1S/C15H25N3O.HI/c1-15(2,3)18-14(16)17-10-6-8-12-7-5-9-13(11-12)19-4;/h5,7,9,11H,6,8,10H2,1-4H3,(H3,16,17,18);1H. The summed E-state index contributed by atoms with van der Waals surface area (Å²) in [6.45, 7) is 6.91. The van der Waals surface area contributed by atoms with Gasteiger partial charge < -0.3 is 15.8 Å². The fraction of sp³-hybridized carbons (Fsp3) is 0.533. The molecule has 114 valence electrons. The van der Waals surface area contributed by atoms with E-state index in [0.717, 1.165) is 25.1 Å². The van der Waals surface area contributed by atoms with Gasteiger partial charge in [-0.1, -0.05) is 12.1 Å². The van der Waals surface area contributed by atoms with Crippen LogP contribution in [-0.4, -0.2) is 25.2 Å². The van der Waals surface area contributed by atoms with Gasteiger partial charge in [-0.25, -0.2) is 0 Å². The van der Waals surface area contributed by atoms with Gasteiger partial charge in [0, 0.05) is 12.1 Å². The van der Waals surface area contributed by atoms with E-state index in [1.807, 2.05) is 12.1 Å². The zero-order chi connectivity index (χ0) is 14.3. The highest BCUT2D eigenvalue weighted by Crippen LogP contribution is 2.13. The van der Waals surface area contributed by atoms with Crippen LogP contribution in [0.15, 0.2) is 29.3 Å². The fourth-order valence-electron chi connectivity index (χ4n) is 1.73. The van der Waals surface area contributed by atoms with Crippen molar-refractivity contribution in [2.75, 3.05) is 13.7 Å². The van der Waals surface area contributed by atoms with E-state index < -0.39 is 0 Å². The van der Waals surface area contributed by atoms with Crippen LogP contribution < -0.4 is 15.8 Å². The Balaban J connectivity index is 0.00000361. The van der Waals surface area contributed by atoms with Crippen LogP contribution in [0.2, 0.25) is 0 Å². The number of hydrogen-bond acceptors (Lipinski definition) is 2. The maximum Gasteiger partial charge on any atom is 0.188 e. The molecule has 1 aromatic rings. The number of guanidine groups is 1. The minimum atomic E-state index is -0.0413. The number of nitrogens with one attached hydrogen (secondary N) is 1. The highest BCUT2D eigenvalue weighted by molar-refractivity contribution is 14.0. The van der Waals surface area contributed by atoms with Crippen molar-refractivity contribution in [3.63, 3.8) is 0 Å². The minimum Gasteiger partial charge on any atom is -0.497 e. The predicted octanol–water partition coefficient (Wildman–Crippen LogP) is 2.95. The molecule has 0 amide bonds. The first-order chi connectivity index (χ1) is 8.90. The molecular weight excluding hydrogens is 365 g/mol. The van der Waals surface area contributed by atoms with Crippen LogP contribution in [0.3, 0.4) is 0 Å². The van der Waals surface area contributed by atoms with Crippen LogP contribution in [-0.2, 0) is 6.42 Å². The molecule has 3 N–H and O–H groups in total. The number of nitrogens with zero attached hydrogens (tertiary/aromatic N) is 1. The van der Waals surface area contributed by atoms with Gasteiger partial charge in [0.2, 0.25) is 0 Å². The number of halogens is 1. The quantitative estimate of drug-likeness (QED) is 0.351. The minimum absolute atomic E-state index is 0. The van der Waals surface area contributed by atoms with Crippen molar-refractivity contribution in [3.05, 3.63) is 29.8 Å². The van der Waals surface area contributed by atoms with Crippen molar-refractivity contribution in [1.29, 1.82) is 0 Å². The number of methoxy groups -OCH3 is 1. The average Bonchev–Trinajstić information content (AvgIpc) is 2.33. The maximum absolute atomic E-state index is 5.80. The molecule has 1 aromatic carbocycles. The molecule has 4 nitrogen and oxygen atoms in total. The molecule has 20 heavy (non-hydrogen) atoms. The Morgan fingerprint density at radius 1 is 1.35 bits per heavy atom. The molecule has 0 atom stereocenters. The lowest BCUT2D eigenvalue weighted by atomic mass is 10.1. The van der Waals surface area contributed by atoms with Crippen molar-refractivity contribution in [2.24, 2.45) is 10.7 Å². The van der Waals surface area contributed by atoms with Crippen molar-refractivity contribution < 1.29 is 4.74 Å². The first kappa shape index (κ1) is 19.0. The molecule has 0 fully saturated rings. The second-order valence-corrected chi connectivity index (χ2v) is 5.60. The molecule has 5 heteroatoms. The molecule has 0 bridgehead atoms. The molecule has 0 unspecified atom stereocenters. The lowest BCUT2D eigenvalue weighted by molar-refractivity contribution is 0.414. The molecule has 0 saturated heterocycles. The van der Waals surface area contributed by atoms with Gasteiger partial charge in [0.15, 0.2) is 5.96 Å². The number of ether oxygens (including phenoxy) is 1. The SMILES string of the molecule is COc1cccc(CCCN=C(N)NC(C)(C)C)c1.I. The third-order valence-corrected chi connectivity index (χ3v) is 2.54. The zero-order valence-corrected chi connectivity index (χ0v) is 15.1. The van der Waals surface area contributed by atoms with Gasteiger partial charge in [-0.05, 0) is 51.3 Å². The zero-order valence-electron chi connectivity index (χ0n) is 12.8. The fourth-order valence-corrected chi connectivity index (χ4v) is 1.73. The first-order valence-electron chi connectivity index (χ1n) is 6.62. The van der Waals surface area contributed by atoms with Gasteiger partial charge in [0.1, 0.15) is 5.75 Å². The second kappa shape index (κ2) is 9.05. The van der Waals surface area contributed by atoms with Crippen LogP contribution in [0.1, 0.15) is 32.8 Å². The van der Waals surface area contributed by atoms with Crippen LogP contribution in [0, 0.1) is 0 Å². The van der Waals surface area contributed by atoms with E-state index in [0.29, 0.717) is 5.96 Å². The van der Waals surface area contributed by atoms with Crippen molar-refractivity contribution >= 4 is 29.9 Å². The summed E-state index contributed by atoms with van der Waals surface area (Å²) >= 11 is 0. The summed E-state index contributed by atoms with van der Waals surface area (Å²) in [5.74, 6) is 1.41. The van der Waals surface area contributed by atoms with Crippen LogP contribution in [0.5, 0.6) is 5.75 Å². The van der Waals surface area contributed by atoms with Crippen LogP contribution in [0.25, 0.3) is 0 Å². The summed E-state index contributed by atoms with van der Waals surface area (Å²) < 4.78 is 5.20. The molecule has 1 rings (SSSR count). The Kier molecular flexibility index (Phi) is 8.60. The third kappa shape index (κ3) is 8.24. The summed E-state index contributed by atoms with van der Waals surface area (Å²) in [7, 11) is 1.68. The molecule has 0 heterocycles. The third-order valence-electron chi connectivity index (χ3n) is 2.54. The molecule has 0 radical (unpaired) electrons. The van der Waals surface area contributed by atoms with Crippen molar-refractivity contribution in [1.82, 2.24) is 5.32 Å². The Labute approximate surface area is 139 Å². The maximum atomic E-state index is 5.80. The number of aryl methyl sites for hydroxylation is 1. The number of nitrogens with two attached hydrogens (primary N) is 1. The highest BCUT2D eigenvalue weighted by Gasteiger charge is 2.09. The van der Waals surface area contributed by atoms with Gasteiger partial charge in [0.05, 0.1) is 7.11 Å². The van der Waals surface area contributed by atoms with E-state index in [1.54, 1.807) is 7.11 Å². The lowest BCUT2D eigenvalue weighted by Crippen LogP contribution is -2.45. The molecule has 0 spiro atoms. The second-order valence-electron chi connectivity index (χ2n) is 5.60. The largest absolute Gasteiger partial charge is 0.497 e. The summed E-state index contributed by atoms with van der Waals surface area (Å²) in [5, 5.41) is 3.14. The van der Waals surface area contributed by atoms with Gasteiger partial charge in [-0.3, -0.25) is 4.99 Å². The van der Waals surface area contributed by atoms with Crippen LogP contribution in [0.4, 0.5) is 0 Å². The van der Waals surface area contributed by atoms with E-state index >= 15 is 0 Å². The lowest BCUT2D eigenvalue weighted by Gasteiger charge is -2.20. The van der Waals surface area contributed by atoms with E-state index in [4.69, 9.17) is 10.5 Å². The normalized spacial score (nSPS) is 11.7. The topological polar surface area (TPSA) is 59.6 Å². The number of hydrogen-bond donors (Lipinski definition) is 2. The van der Waals surface area contributed by atoms with Crippen molar-refractivity contribution in [2.45, 2.75) is 39.2 Å². The van der Waals surface area contributed by atoms with Gasteiger partial charge >= 0.3 is 0 Å². The van der Waals surface area contributed by atoms with Gasteiger partial charge in [0.25, 0.3) is 0 Å². The smallest absolute Gasteiger partial charge is 0.188 e. The number of aliphatic imine (C=N–C) groups is 1. The molecule has 0 saturated carbocycles. The Morgan fingerprint density at radius 3 is 2.65 bits per heavy atom. The molecule has 0 aliphatic rings. The molecule has 0 aromatic heterocycles. The van der Waals surface area contributed by atoms with Gasteiger partial charge in [-0.15, -0.1) is 24.0 Å². The number of rotatable bonds is 5. The van der Waals surface area contributed by atoms with Crippen molar-refractivity contribution in [3.8, 4) is 5.75 Å². The monoisotopic (exact) mass is 391 g/mol. The summed E-state index contributed by atoms with van der Waals surface area (Å²) in [5.41, 5.74) is 7.02. The molecule has 0 aliphatic carbocycles. The highest BCUT2D eigenvalue weighted by atomic mass is 127. The summed E-state index contributed by atoms with van der Waals surface area (Å²) in [6, 6.07) is 8.11. The summed E-state index contributed by atoms with van der Waals surface area (Å²) in [6.07, 6.45) is 1.95. The summed E-state index contributed by atoms with van der Waals surface area (Å²) in [4.78, 5) is 4.32.